The van der Waals surface area contributed by atoms with Gasteiger partial charge in [-0.3, -0.25) is 9.69 Å². The highest BCUT2D eigenvalue weighted by Gasteiger charge is 2.30. The Hall–Kier alpha value is -1.95. The van der Waals surface area contributed by atoms with Crippen molar-refractivity contribution in [2.24, 2.45) is 5.92 Å². The number of hydrogen-bond acceptors (Lipinski definition) is 5. The van der Waals surface area contributed by atoms with Crippen LogP contribution in [-0.4, -0.2) is 73.7 Å². The Kier molecular flexibility index (Phi) is 7.80. The van der Waals surface area contributed by atoms with Crippen LogP contribution in [0.3, 0.4) is 0 Å². The first kappa shape index (κ1) is 23.3. The second-order valence-electron chi connectivity index (χ2n) is 7.71. The maximum Gasteiger partial charge on any atom is 0.254 e. The molecule has 1 unspecified atom stereocenters. The van der Waals surface area contributed by atoms with E-state index >= 15 is 0 Å². The summed E-state index contributed by atoms with van der Waals surface area (Å²) in [5.41, 5.74) is 1.18. The summed E-state index contributed by atoms with van der Waals surface area (Å²) in [6.45, 7) is 12.6. The minimum atomic E-state index is -3.62. The number of aryl methyl sites for hydroxylation is 1. The Morgan fingerprint density at radius 3 is 2.24 bits per heavy atom. The Labute approximate surface area is 174 Å². The van der Waals surface area contributed by atoms with Crippen LogP contribution in [0.5, 0.6) is 0 Å². The van der Waals surface area contributed by atoms with Gasteiger partial charge in [-0.15, -0.1) is 0 Å². The molecule has 0 saturated carbocycles. The summed E-state index contributed by atoms with van der Waals surface area (Å²) in [7, 11) is -3.62. The zero-order valence-corrected chi connectivity index (χ0v) is 18.9. The molecule has 160 valence electrons. The molecule has 29 heavy (non-hydrogen) atoms. The molecule has 1 aromatic carbocycles. The van der Waals surface area contributed by atoms with E-state index in [0.717, 1.165) is 5.56 Å². The number of piperazine rings is 1. The third-order valence-corrected chi connectivity index (χ3v) is 7.59. The number of amides is 1. The number of rotatable bonds is 7. The van der Waals surface area contributed by atoms with E-state index in [1.807, 2.05) is 20.8 Å². The van der Waals surface area contributed by atoms with E-state index in [-0.39, 0.29) is 22.8 Å². The molecule has 0 spiro atoms. The lowest BCUT2D eigenvalue weighted by Gasteiger charge is -2.38. The largest absolute Gasteiger partial charge is 0.336 e. The molecule has 1 amide bonds. The predicted molar refractivity (Wildman–Crippen MR) is 113 cm³/mol. The summed E-state index contributed by atoms with van der Waals surface area (Å²) in [4.78, 5) is 17.1. The lowest BCUT2D eigenvalue weighted by atomic mass is 10.0. The SMILES string of the molecule is CCN(CC)S(=O)(=O)c1ccc(C)c(C(=O)N2CCN(C(C#N)C(C)C)CC2)c1. The topological polar surface area (TPSA) is 84.7 Å². The number of benzene rings is 1. The number of nitrogens with zero attached hydrogens (tertiary/aromatic N) is 4. The highest BCUT2D eigenvalue weighted by atomic mass is 32.2. The summed E-state index contributed by atoms with van der Waals surface area (Å²) in [5.74, 6) is 0.0725. The molecule has 0 N–H and O–H groups in total. The standard InChI is InChI=1S/C21H32N4O3S/c1-6-25(7-2)29(27,28)18-9-8-17(5)19(14-18)21(26)24-12-10-23(11-13-24)20(15-22)16(3)4/h8-9,14,16,20H,6-7,10-13H2,1-5H3. The molecule has 0 aromatic heterocycles. The van der Waals surface area contributed by atoms with Gasteiger partial charge in [0.05, 0.1) is 11.0 Å². The van der Waals surface area contributed by atoms with Gasteiger partial charge in [-0.05, 0) is 30.5 Å². The summed E-state index contributed by atoms with van der Waals surface area (Å²) in [6, 6.07) is 6.97. The third kappa shape index (κ3) is 4.97. The summed E-state index contributed by atoms with van der Waals surface area (Å²) >= 11 is 0. The number of carbonyl (C=O) groups is 1. The lowest BCUT2D eigenvalue weighted by Crippen LogP contribution is -2.52. The molecule has 1 saturated heterocycles. The fraction of sp³-hybridized carbons (Fsp3) is 0.619. The fourth-order valence-electron chi connectivity index (χ4n) is 3.73. The number of hydrogen-bond donors (Lipinski definition) is 0. The number of sulfonamides is 1. The fourth-order valence-corrected chi connectivity index (χ4v) is 5.22. The quantitative estimate of drug-likeness (QED) is 0.676. The van der Waals surface area contributed by atoms with E-state index in [0.29, 0.717) is 44.8 Å². The van der Waals surface area contributed by atoms with Gasteiger partial charge in [-0.2, -0.15) is 9.57 Å². The number of nitriles is 1. The molecular weight excluding hydrogens is 388 g/mol. The van der Waals surface area contributed by atoms with Crippen LogP contribution in [0.2, 0.25) is 0 Å². The van der Waals surface area contributed by atoms with Crippen molar-refractivity contribution in [3.8, 4) is 6.07 Å². The minimum Gasteiger partial charge on any atom is -0.336 e. The van der Waals surface area contributed by atoms with Gasteiger partial charge in [-0.1, -0.05) is 33.8 Å². The molecule has 7 nitrogen and oxygen atoms in total. The maximum absolute atomic E-state index is 13.1. The molecule has 0 aliphatic carbocycles. The first-order valence-electron chi connectivity index (χ1n) is 10.2. The van der Waals surface area contributed by atoms with Crippen molar-refractivity contribution in [2.45, 2.75) is 45.6 Å². The first-order chi connectivity index (χ1) is 13.7. The van der Waals surface area contributed by atoms with Gasteiger partial charge >= 0.3 is 0 Å². The van der Waals surface area contributed by atoms with Crippen molar-refractivity contribution in [3.05, 3.63) is 29.3 Å². The number of carbonyl (C=O) groups excluding carboxylic acids is 1. The average Bonchev–Trinajstić information content (AvgIpc) is 2.69. The van der Waals surface area contributed by atoms with Gasteiger partial charge in [0.1, 0.15) is 6.04 Å². The van der Waals surface area contributed by atoms with Crippen molar-refractivity contribution >= 4 is 15.9 Å². The van der Waals surface area contributed by atoms with Crippen LogP contribution in [0, 0.1) is 24.2 Å². The smallest absolute Gasteiger partial charge is 0.254 e. The van der Waals surface area contributed by atoms with E-state index in [1.165, 1.54) is 10.4 Å². The van der Waals surface area contributed by atoms with Crippen LogP contribution in [0.25, 0.3) is 0 Å². The van der Waals surface area contributed by atoms with E-state index < -0.39 is 10.0 Å². The van der Waals surface area contributed by atoms with Crippen LogP contribution in [0.15, 0.2) is 23.1 Å². The van der Waals surface area contributed by atoms with Crippen molar-refractivity contribution in [1.82, 2.24) is 14.1 Å². The second kappa shape index (κ2) is 9.70. The zero-order valence-electron chi connectivity index (χ0n) is 18.1. The third-order valence-electron chi connectivity index (χ3n) is 5.54. The zero-order chi connectivity index (χ0) is 21.8. The molecule has 0 bridgehead atoms. The Morgan fingerprint density at radius 2 is 1.76 bits per heavy atom. The molecule has 1 fully saturated rings. The van der Waals surface area contributed by atoms with Crippen LogP contribution >= 0.6 is 0 Å². The first-order valence-corrected chi connectivity index (χ1v) is 11.6. The monoisotopic (exact) mass is 420 g/mol. The highest BCUT2D eigenvalue weighted by Crippen LogP contribution is 2.22. The van der Waals surface area contributed by atoms with Crippen molar-refractivity contribution in [3.63, 3.8) is 0 Å². The molecular formula is C21H32N4O3S. The van der Waals surface area contributed by atoms with Gasteiger partial charge in [-0.25, -0.2) is 8.42 Å². The molecule has 8 heteroatoms. The van der Waals surface area contributed by atoms with Crippen LogP contribution < -0.4 is 0 Å². The van der Waals surface area contributed by atoms with Crippen LogP contribution in [-0.2, 0) is 10.0 Å². The molecule has 1 aromatic rings. The van der Waals surface area contributed by atoms with E-state index in [9.17, 15) is 18.5 Å². The average molecular weight is 421 g/mol. The molecule has 1 aliphatic rings. The second-order valence-corrected chi connectivity index (χ2v) is 9.65. The van der Waals surface area contributed by atoms with E-state index in [2.05, 4.69) is 11.0 Å². The van der Waals surface area contributed by atoms with Crippen molar-refractivity contribution < 1.29 is 13.2 Å². The van der Waals surface area contributed by atoms with Gasteiger partial charge in [0, 0.05) is 44.8 Å². The van der Waals surface area contributed by atoms with Crippen molar-refractivity contribution in [1.29, 1.82) is 5.26 Å². The van der Waals surface area contributed by atoms with Crippen LogP contribution in [0.4, 0.5) is 0 Å². The van der Waals surface area contributed by atoms with Crippen molar-refractivity contribution in [2.75, 3.05) is 39.3 Å². The molecule has 0 radical (unpaired) electrons. The summed E-state index contributed by atoms with van der Waals surface area (Å²) in [5, 5.41) is 9.40. The lowest BCUT2D eigenvalue weighted by molar-refractivity contribution is 0.0576. The summed E-state index contributed by atoms with van der Waals surface area (Å²) in [6.07, 6.45) is 0. The summed E-state index contributed by atoms with van der Waals surface area (Å²) < 4.78 is 27.1. The van der Waals surface area contributed by atoms with Gasteiger partial charge in [0.25, 0.3) is 5.91 Å². The molecule has 1 aliphatic heterocycles. The molecule has 1 heterocycles. The Balaban J connectivity index is 2.21. The molecule has 1 atom stereocenters. The van der Waals surface area contributed by atoms with Crippen LogP contribution in [0.1, 0.15) is 43.6 Å². The minimum absolute atomic E-state index is 0.151. The van der Waals surface area contributed by atoms with Gasteiger partial charge < -0.3 is 4.90 Å². The predicted octanol–water partition coefficient (Wildman–Crippen LogP) is 2.33. The normalized spacial score (nSPS) is 16.8. The Bertz CT molecular complexity index is 864. The Morgan fingerprint density at radius 1 is 1.17 bits per heavy atom. The van der Waals surface area contributed by atoms with Gasteiger partial charge in [0.2, 0.25) is 10.0 Å². The van der Waals surface area contributed by atoms with Gasteiger partial charge in [0.15, 0.2) is 0 Å². The molecule has 2 rings (SSSR count). The maximum atomic E-state index is 13.1. The highest BCUT2D eigenvalue weighted by molar-refractivity contribution is 7.89. The van der Waals surface area contributed by atoms with E-state index in [1.54, 1.807) is 30.9 Å². The van der Waals surface area contributed by atoms with E-state index in [4.69, 9.17) is 0 Å².